The van der Waals surface area contributed by atoms with Gasteiger partial charge in [0.15, 0.2) is 11.3 Å². The van der Waals surface area contributed by atoms with Crippen LogP contribution in [0.25, 0.3) is 0 Å². The van der Waals surface area contributed by atoms with Gasteiger partial charge < -0.3 is 19.4 Å². The van der Waals surface area contributed by atoms with Gasteiger partial charge in [-0.3, -0.25) is 9.89 Å². The molecule has 1 N–H and O–H groups in total. The van der Waals surface area contributed by atoms with Crippen molar-refractivity contribution in [2.75, 3.05) is 40.3 Å². The molecule has 2 saturated heterocycles. The maximum absolute atomic E-state index is 12.9. The van der Waals surface area contributed by atoms with Crippen LogP contribution in [0.2, 0.25) is 0 Å². The Balaban J connectivity index is 1.53. The average molecular weight is 319 g/mol. The van der Waals surface area contributed by atoms with Crippen molar-refractivity contribution in [3.63, 3.8) is 0 Å². The van der Waals surface area contributed by atoms with Gasteiger partial charge >= 0.3 is 6.09 Å². The lowest BCUT2D eigenvalue weighted by Gasteiger charge is -2.24. The number of hydrogen-bond acceptors (Lipinski definition) is 5. The Kier molecular flexibility index (Phi) is 3.12. The number of amides is 2. The molecule has 2 fully saturated rings. The van der Waals surface area contributed by atoms with E-state index in [4.69, 9.17) is 4.74 Å². The minimum Gasteiger partial charge on any atom is -0.439 e. The van der Waals surface area contributed by atoms with Crippen LogP contribution >= 0.6 is 0 Å². The van der Waals surface area contributed by atoms with Crippen LogP contribution in [0.15, 0.2) is 0 Å². The Hall–Kier alpha value is -2.09. The van der Waals surface area contributed by atoms with E-state index in [1.165, 1.54) is 0 Å². The molecule has 1 atom stereocenters. The number of ether oxygens (including phenoxy) is 1. The van der Waals surface area contributed by atoms with E-state index in [1.807, 2.05) is 7.05 Å². The maximum Gasteiger partial charge on any atom is 0.410 e. The number of hydrogen-bond donors (Lipinski definition) is 1. The summed E-state index contributed by atoms with van der Waals surface area (Å²) in [5, 5.41) is 7.27. The molecule has 0 radical (unpaired) electrons. The molecule has 4 heterocycles. The van der Waals surface area contributed by atoms with Gasteiger partial charge in [0.25, 0.3) is 5.91 Å². The second kappa shape index (κ2) is 4.95. The molecule has 1 aromatic heterocycles. The molecule has 0 bridgehead atoms. The van der Waals surface area contributed by atoms with Crippen LogP contribution < -0.4 is 0 Å². The van der Waals surface area contributed by atoms with Gasteiger partial charge in [-0.2, -0.15) is 5.10 Å². The van der Waals surface area contributed by atoms with Gasteiger partial charge in [-0.1, -0.05) is 0 Å². The molecule has 0 saturated carbocycles. The van der Waals surface area contributed by atoms with E-state index in [-0.39, 0.29) is 12.0 Å². The fraction of sp³-hybridized carbons (Fsp3) is 0.667. The first kappa shape index (κ1) is 14.5. The smallest absolute Gasteiger partial charge is 0.410 e. The Bertz CT molecular complexity index is 672. The van der Waals surface area contributed by atoms with E-state index in [0.29, 0.717) is 31.7 Å². The predicted molar refractivity (Wildman–Crippen MR) is 81.0 cm³/mol. The van der Waals surface area contributed by atoms with Gasteiger partial charge in [-0.05, 0) is 7.05 Å². The highest BCUT2D eigenvalue weighted by Gasteiger charge is 2.50. The number of likely N-dealkylation sites (N-methyl/N-ethyl adjacent to an activating group) is 2. The largest absolute Gasteiger partial charge is 0.439 e. The summed E-state index contributed by atoms with van der Waals surface area (Å²) in [5.41, 5.74) is 2.04. The normalized spacial score (nSPS) is 27.7. The number of carbonyl (C=O) groups is 2. The van der Waals surface area contributed by atoms with E-state index < -0.39 is 5.60 Å². The summed E-state index contributed by atoms with van der Waals surface area (Å²) in [6.45, 7) is 3.29. The van der Waals surface area contributed by atoms with Gasteiger partial charge in [-0.25, -0.2) is 4.79 Å². The monoisotopic (exact) mass is 319 g/mol. The molecule has 3 aliphatic heterocycles. The number of rotatable bonds is 1. The number of aromatic nitrogens is 2. The minimum absolute atomic E-state index is 0.0692. The third-order valence-corrected chi connectivity index (χ3v) is 5.07. The van der Waals surface area contributed by atoms with Gasteiger partial charge in [0, 0.05) is 50.8 Å². The third kappa shape index (κ3) is 2.28. The number of nitrogens with zero attached hydrogens (tertiary/aromatic N) is 4. The molecule has 4 rings (SSSR count). The van der Waals surface area contributed by atoms with Crippen LogP contribution in [-0.4, -0.2) is 82.8 Å². The highest BCUT2D eigenvalue weighted by molar-refractivity contribution is 5.94. The van der Waals surface area contributed by atoms with Gasteiger partial charge in [0.05, 0.1) is 13.1 Å². The first-order valence-corrected chi connectivity index (χ1v) is 7.95. The molecule has 124 valence electrons. The Labute approximate surface area is 134 Å². The third-order valence-electron chi connectivity index (χ3n) is 5.07. The zero-order valence-electron chi connectivity index (χ0n) is 13.5. The minimum atomic E-state index is -0.547. The van der Waals surface area contributed by atoms with E-state index in [9.17, 15) is 9.59 Å². The molecule has 1 aromatic rings. The van der Waals surface area contributed by atoms with E-state index in [1.54, 1.807) is 16.8 Å². The second-order valence-electron chi connectivity index (χ2n) is 6.90. The van der Waals surface area contributed by atoms with Crippen molar-refractivity contribution in [1.82, 2.24) is 24.9 Å². The average Bonchev–Trinajstić information content (AvgIpc) is 3.17. The zero-order valence-corrected chi connectivity index (χ0v) is 13.5. The fourth-order valence-corrected chi connectivity index (χ4v) is 3.78. The van der Waals surface area contributed by atoms with Crippen LogP contribution in [0.5, 0.6) is 0 Å². The number of aromatic amines is 1. The molecule has 0 unspecified atom stereocenters. The summed E-state index contributed by atoms with van der Waals surface area (Å²) in [6.07, 6.45) is 1.26. The van der Waals surface area contributed by atoms with Gasteiger partial charge in [0.1, 0.15) is 0 Å². The molecular formula is C15H21N5O3. The van der Waals surface area contributed by atoms with Crippen molar-refractivity contribution >= 4 is 12.0 Å². The Morgan fingerprint density at radius 2 is 2.13 bits per heavy atom. The van der Waals surface area contributed by atoms with E-state index in [0.717, 1.165) is 30.8 Å². The van der Waals surface area contributed by atoms with Crippen LogP contribution in [0, 0.1) is 0 Å². The number of likely N-dealkylation sites (tertiary alicyclic amines) is 1. The van der Waals surface area contributed by atoms with Crippen LogP contribution in [0.1, 0.15) is 28.2 Å². The molecule has 0 aliphatic carbocycles. The first-order valence-electron chi connectivity index (χ1n) is 7.95. The lowest BCUT2D eigenvalue weighted by molar-refractivity contribution is 0.0549. The van der Waals surface area contributed by atoms with Crippen LogP contribution in [0.3, 0.4) is 0 Å². The number of nitrogens with one attached hydrogen (secondary N) is 1. The number of fused-ring (bicyclic) bond motifs is 1. The summed E-state index contributed by atoms with van der Waals surface area (Å²) in [4.78, 5) is 30.0. The maximum atomic E-state index is 12.9. The summed E-state index contributed by atoms with van der Waals surface area (Å²) in [6, 6.07) is 0. The highest BCUT2D eigenvalue weighted by Crippen LogP contribution is 2.33. The first-order chi connectivity index (χ1) is 11.0. The van der Waals surface area contributed by atoms with Crippen LogP contribution in [-0.2, 0) is 17.7 Å². The summed E-state index contributed by atoms with van der Waals surface area (Å²) in [5.74, 6) is -0.0692. The Morgan fingerprint density at radius 3 is 2.87 bits per heavy atom. The van der Waals surface area contributed by atoms with E-state index in [2.05, 4.69) is 15.1 Å². The topological polar surface area (TPSA) is 81.8 Å². The zero-order chi connectivity index (χ0) is 16.2. The standard InChI is InChI=1S/C15H21N5O3/c1-18-5-3-11-10(7-18)12(17-16-11)13(21)20-6-4-15(9-20)8-19(2)14(22)23-15/h3-9H2,1-2H3,(H,16,17)/t15-/m1/s1. The molecule has 23 heavy (non-hydrogen) atoms. The van der Waals surface area contributed by atoms with Gasteiger partial charge in [0.2, 0.25) is 0 Å². The van der Waals surface area contributed by atoms with Crippen molar-refractivity contribution in [1.29, 1.82) is 0 Å². The predicted octanol–water partition coefficient (Wildman–Crippen LogP) is 0.0643. The lowest BCUT2D eigenvalue weighted by Crippen LogP contribution is -2.39. The van der Waals surface area contributed by atoms with Crippen molar-refractivity contribution in [2.45, 2.75) is 25.0 Å². The molecular weight excluding hydrogens is 298 g/mol. The lowest BCUT2D eigenvalue weighted by atomic mass is 10.0. The van der Waals surface area contributed by atoms with Crippen molar-refractivity contribution in [3.8, 4) is 0 Å². The molecule has 3 aliphatic rings. The SMILES string of the molecule is CN1CCc2[nH]nc(C(=O)N3CC[C@@]4(CN(C)C(=O)O4)C3)c2C1. The van der Waals surface area contributed by atoms with Crippen LogP contribution in [0.4, 0.5) is 4.79 Å². The molecule has 2 amide bonds. The highest BCUT2D eigenvalue weighted by atomic mass is 16.6. The van der Waals surface area contributed by atoms with E-state index >= 15 is 0 Å². The molecule has 8 heteroatoms. The summed E-state index contributed by atoms with van der Waals surface area (Å²) in [7, 11) is 3.77. The van der Waals surface area contributed by atoms with Crippen molar-refractivity contribution < 1.29 is 14.3 Å². The fourth-order valence-electron chi connectivity index (χ4n) is 3.78. The van der Waals surface area contributed by atoms with Crippen molar-refractivity contribution in [3.05, 3.63) is 17.0 Å². The van der Waals surface area contributed by atoms with Gasteiger partial charge in [-0.15, -0.1) is 0 Å². The quantitative estimate of drug-likeness (QED) is 0.792. The summed E-state index contributed by atoms with van der Waals surface area (Å²) >= 11 is 0. The second-order valence-corrected chi connectivity index (χ2v) is 6.90. The number of H-pyrrole nitrogens is 1. The molecule has 8 nitrogen and oxygen atoms in total. The Morgan fingerprint density at radius 1 is 1.30 bits per heavy atom. The number of carbonyl (C=O) groups excluding carboxylic acids is 2. The summed E-state index contributed by atoms with van der Waals surface area (Å²) < 4.78 is 5.51. The van der Waals surface area contributed by atoms with Crippen molar-refractivity contribution in [2.24, 2.45) is 0 Å². The molecule has 0 aromatic carbocycles. The molecule has 1 spiro atoms.